The summed E-state index contributed by atoms with van der Waals surface area (Å²) in [6, 6.07) is 5.81. The Balaban J connectivity index is 1.37. The second-order valence-corrected chi connectivity index (χ2v) is 9.61. The van der Waals surface area contributed by atoms with Gasteiger partial charge in [-0.05, 0) is 45.2 Å². The molecule has 9 nitrogen and oxygen atoms in total. The molecule has 0 aliphatic carbocycles. The molecule has 0 radical (unpaired) electrons. The van der Waals surface area contributed by atoms with Crippen molar-refractivity contribution in [2.75, 3.05) is 11.9 Å². The van der Waals surface area contributed by atoms with Crippen LogP contribution in [0, 0.1) is 17.1 Å². The summed E-state index contributed by atoms with van der Waals surface area (Å²) < 4.78 is 30.2. The maximum Gasteiger partial charge on any atom is 0.198 e. The van der Waals surface area contributed by atoms with Crippen LogP contribution < -0.4 is 10.2 Å². The molecule has 2 bridgehead atoms. The first kappa shape index (κ1) is 22.2. The van der Waals surface area contributed by atoms with Crippen LogP contribution in [0.15, 0.2) is 30.6 Å². The van der Waals surface area contributed by atoms with Crippen molar-refractivity contribution in [2.45, 2.75) is 56.4 Å². The molecule has 2 saturated heterocycles. The van der Waals surface area contributed by atoms with Gasteiger partial charge in [-0.3, -0.25) is 0 Å². The smallest absolute Gasteiger partial charge is 0.198 e. The summed E-state index contributed by atoms with van der Waals surface area (Å²) in [4.78, 5) is 6.12. The van der Waals surface area contributed by atoms with Gasteiger partial charge in [0, 0.05) is 24.2 Å². The molecule has 3 aromatic rings. The van der Waals surface area contributed by atoms with Crippen LogP contribution in [-0.2, 0) is 0 Å². The standard InChI is InChI=1S/C23H24F2N8O/c1-22-6-7-23(2,31-22)20(25)17(9-22)32(3)19-11-27-21(29-28-19)14-5-4-13(8-18(14)34)33-12-15(24)16(10-26)30-33/h4-5,8,11-12,17,20,31,34H,6-7,9H2,1-3H3/t17-,20-,22-,23+/m1/s1. The number of phenols is 1. The second-order valence-electron chi connectivity index (χ2n) is 9.61. The van der Waals surface area contributed by atoms with Gasteiger partial charge in [-0.2, -0.15) is 10.4 Å². The lowest BCUT2D eigenvalue weighted by Crippen LogP contribution is -2.65. The number of rotatable bonds is 4. The zero-order valence-electron chi connectivity index (χ0n) is 19.0. The molecule has 0 saturated carbocycles. The van der Waals surface area contributed by atoms with Gasteiger partial charge in [0.15, 0.2) is 23.2 Å². The molecule has 2 aromatic heterocycles. The molecule has 11 heteroatoms. The first-order valence-corrected chi connectivity index (χ1v) is 11.0. The van der Waals surface area contributed by atoms with Crippen molar-refractivity contribution in [1.82, 2.24) is 30.3 Å². The third-order valence-electron chi connectivity index (χ3n) is 7.06. The van der Waals surface area contributed by atoms with Gasteiger partial charge >= 0.3 is 0 Å². The van der Waals surface area contributed by atoms with Crippen LogP contribution in [0.2, 0.25) is 0 Å². The van der Waals surface area contributed by atoms with E-state index >= 15 is 4.39 Å². The van der Waals surface area contributed by atoms with Crippen LogP contribution in [0.25, 0.3) is 17.1 Å². The number of aromatic nitrogens is 5. The zero-order valence-corrected chi connectivity index (χ0v) is 19.0. The Morgan fingerprint density at radius 1 is 1.29 bits per heavy atom. The van der Waals surface area contributed by atoms with Crippen molar-refractivity contribution in [3.8, 4) is 28.9 Å². The average molecular weight is 466 g/mol. The number of aromatic hydroxyl groups is 1. The number of nitrogens with one attached hydrogen (secondary N) is 1. The van der Waals surface area contributed by atoms with Gasteiger partial charge in [0.25, 0.3) is 0 Å². The number of fused-ring (bicyclic) bond motifs is 2. The van der Waals surface area contributed by atoms with Crippen LogP contribution in [0.1, 0.15) is 38.8 Å². The van der Waals surface area contributed by atoms with E-state index in [2.05, 4.69) is 32.5 Å². The first-order chi connectivity index (χ1) is 16.1. The lowest BCUT2D eigenvalue weighted by atomic mass is 9.82. The highest BCUT2D eigenvalue weighted by atomic mass is 19.1. The largest absolute Gasteiger partial charge is 0.507 e. The second kappa shape index (κ2) is 7.70. The molecular weight excluding hydrogens is 442 g/mol. The van der Waals surface area contributed by atoms with Gasteiger partial charge in [-0.25, -0.2) is 18.4 Å². The van der Waals surface area contributed by atoms with Crippen LogP contribution >= 0.6 is 0 Å². The molecule has 2 aliphatic rings. The number of hydrogen-bond donors (Lipinski definition) is 2. The van der Waals surface area contributed by atoms with E-state index in [1.807, 2.05) is 6.92 Å². The van der Waals surface area contributed by atoms with E-state index in [9.17, 15) is 9.50 Å². The fraction of sp³-hybridized carbons (Fsp3) is 0.435. The van der Waals surface area contributed by atoms with E-state index in [4.69, 9.17) is 5.26 Å². The number of hydrogen-bond acceptors (Lipinski definition) is 8. The molecule has 2 fully saturated rings. The van der Waals surface area contributed by atoms with E-state index in [-0.39, 0.29) is 28.8 Å². The molecule has 5 rings (SSSR count). The normalized spacial score (nSPS) is 28.0. The number of nitrogens with zero attached hydrogens (tertiary/aromatic N) is 7. The van der Waals surface area contributed by atoms with Crippen molar-refractivity contribution in [3.05, 3.63) is 42.1 Å². The molecule has 2 aliphatic heterocycles. The summed E-state index contributed by atoms with van der Waals surface area (Å²) in [6.45, 7) is 4.06. The molecular formula is C23H24F2N8O. The van der Waals surface area contributed by atoms with Crippen molar-refractivity contribution < 1.29 is 13.9 Å². The van der Waals surface area contributed by atoms with Crippen molar-refractivity contribution in [3.63, 3.8) is 0 Å². The van der Waals surface area contributed by atoms with E-state index in [0.29, 0.717) is 23.5 Å². The van der Waals surface area contributed by atoms with Crippen molar-refractivity contribution in [2.24, 2.45) is 0 Å². The Bertz CT molecular complexity index is 1290. The molecule has 2 N–H and O–H groups in total. The Morgan fingerprint density at radius 2 is 2.09 bits per heavy atom. The molecule has 1 aromatic carbocycles. The maximum absolute atomic E-state index is 15.4. The number of phenolic OH excluding ortho intramolecular Hbond substituents is 1. The van der Waals surface area contributed by atoms with Gasteiger partial charge in [0.05, 0.1) is 29.7 Å². The van der Waals surface area contributed by atoms with E-state index < -0.39 is 17.5 Å². The lowest BCUT2D eigenvalue weighted by molar-refractivity contribution is 0.0859. The Morgan fingerprint density at radius 3 is 2.74 bits per heavy atom. The quantitative estimate of drug-likeness (QED) is 0.603. The van der Waals surface area contributed by atoms with Crippen molar-refractivity contribution >= 4 is 5.82 Å². The number of halogens is 2. The Labute approximate surface area is 195 Å². The molecule has 0 unspecified atom stereocenters. The number of piperidine rings is 1. The molecule has 4 atom stereocenters. The fourth-order valence-corrected chi connectivity index (χ4v) is 5.17. The first-order valence-electron chi connectivity index (χ1n) is 11.0. The summed E-state index contributed by atoms with van der Waals surface area (Å²) in [5, 5.41) is 35.1. The lowest BCUT2D eigenvalue weighted by Gasteiger charge is -2.47. The summed E-state index contributed by atoms with van der Waals surface area (Å²) in [7, 11) is 1.80. The number of alkyl halides is 1. The number of anilines is 1. The summed E-state index contributed by atoms with van der Waals surface area (Å²) in [6.07, 6.45) is 3.86. The Kier molecular flexibility index (Phi) is 5.02. The molecule has 0 amide bonds. The minimum atomic E-state index is -1.07. The molecule has 176 valence electrons. The highest BCUT2D eigenvalue weighted by Gasteiger charge is 2.56. The highest BCUT2D eigenvalue weighted by molar-refractivity contribution is 5.66. The van der Waals surface area contributed by atoms with E-state index in [1.54, 1.807) is 30.1 Å². The monoisotopic (exact) mass is 466 g/mol. The van der Waals surface area contributed by atoms with Gasteiger partial charge in [0.2, 0.25) is 0 Å². The SMILES string of the molecule is CN(c1cnc(-c2ccc(-n3cc(F)c(C#N)n3)cc2O)nn1)[C@@H]1C[C@@]2(C)CC[C@](C)(N2)[C@@H]1F. The zero-order chi connectivity index (χ0) is 24.3. The third kappa shape index (κ3) is 3.54. The van der Waals surface area contributed by atoms with Gasteiger partial charge in [-0.1, -0.05) is 0 Å². The summed E-state index contributed by atoms with van der Waals surface area (Å²) in [5.74, 6) is -0.281. The van der Waals surface area contributed by atoms with Gasteiger partial charge < -0.3 is 15.3 Å². The number of benzene rings is 1. The fourth-order valence-electron chi connectivity index (χ4n) is 5.17. The summed E-state index contributed by atoms with van der Waals surface area (Å²) in [5.41, 5.74) is -0.331. The van der Waals surface area contributed by atoms with Gasteiger partial charge in [-0.15, -0.1) is 10.2 Å². The van der Waals surface area contributed by atoms with Crippen LogP contribution in [-0.4, -0.2) is 60.4 Å². The van der Waals surface area contributed by atoms with E-state index in [1.165, 1.54) is 12.3 Å². The Hall–Kier alpha value is -3.65. The predicted octanol–water partition coefficient (Wildman–Crippen LogP) is 2.89. The molecule has 34 heavy (non-hydrogen) atoms. The summed E-state index contributed by atoms with van der Waals surface area (Å²) >= 11 is 0. The predicted molar refractivity (Wildman–Crippen MR) is 120 cm³/mol. The van der Waals surface area contributed by atoms with Crippen LogP contribution in [0.5, 0.6) is 5.75 Å². The average Bonchev–Trinajstić information content (AvgIpc) is 3.33. The number of nitriles is 1. The minimum absolute atomic E-state index is 0.115. The highest BCUT2D eigenvalue weighted by Crippen LogP contribution is 2.45. The molecule has 0 spiro atoms. The van der Waals surface area contributed by atoms with Gasteiger partial charge in [0.1, 0.15) is 18.0 Å². The van der Waals surface area contributed by atoms with E-state index in [0.717, 1.165) is 23.7 Å². The minimum Gasteiger partial charge on any atom is -0.507 e. The maximum atomic E-state index is 15.4. The third-order valence-corrected chi connectivity index (χ3v) is 7.06. The van der Waals surface area contributed by atoms with Crippen LogP contribution in [0.3, 0.4) is 0 Å². The topological polar surface area (TPSA) is 116 Å². The van der Waals surface area contributed by atoms with Crippen molar-refractivity contribution in [1.29, 1.82) is 5.26 Å². The molecule has 4 heterocycles. The van der Waals surface area contributed by atoms with Crippen LogP contribution in [0.4, 0.5) is 14.6 Å².